The van der Waals surface area contributed by atoms with Gasteiger partial charge in [0.1, 0.15) is 5.54 Å². The highest BCUT2D eigenvalue weighted by Gasteiger charge is 2.62. The Balaban J connectivity index is 1.84. The van der Waals surface area contributed by atoms with E-state index in [1.807, 2.05) is 0 Å². The summed E-state index contributed by atoms with van der Waals surface area (Å²) < 4.78 is 26.0. The van der Waals surface area contributed by atoms with Crippen LogP contribution in [-0.2, 0) is 24.4 Å². The molecular weight excluding hydrogens is 410 g/mol. The Morgan fingerprint density at radius 2 is 1.87 bits per heavy atom. The minimum atomic E-state index is -3.75. The lowest BCUT2D eigenvalue weighted by Crippen LogP contribution is -2.54. The third-order valence-corrected chi connectivity index (χ3v) is 8.11. The molecule has 1 heterocycles. The topological polar surface area (TPSA) is 133 Å². The monoisotopic (exact) mass is 443 g/mol. The number of amides is 3. The first-order valence-corrected chi connectivity index (χ1v) is 12.5. The Kier molecular flexibility index (Phi) is 6.76. The number of carbonyl (C=O) groups is 3. The molecule has 0 aromatic heterocycles. The number of nitrogens with zero attached hydrogens (tertiary/aromatic N) is 1. The van der Waals surface area contributed by atoms with Crippen LogP contribution in [0.25, 0.3) is 0 Å². The van der Waals surface area contributed by atoms with E-state index < -0.39 is 45.3 Å². The molecule has 3 aliphatic rings. The van der Waals surface area contributed by atoms with E-state index in [2.05, 4.69) is 10.0 Å². The van der Waals surface area contributed by atoms with Crippen molar-refractivity contribution in [1.29, 1.82) is 0 Å². The average Bonchev–Trinajstić information content (AvgIpc) is 3.24. The first-order valence-electron chi connectivity index (χ1n) is 10.9. The van der Waals surface area contributed by atoms with Crippen molar-refractivity contribution in [1.82, 2.24) is 14.9 Å². The Hall–Kier alpha value is -1.68. The number of aliphatic hydroxyl groups excluding tert-OH is 1. The van der Waals surface area contributed by atoms with Crippen molar-refractivity contribution in [3.63, 3.8) is 0 Å². The van der Waals surface area contributed by atoms with Crippen molar-refractivity contribution in [2.75, 3.05) is 19.3 Å². The van der Waals surface area contributed by atoms with Crippen LogP contribution < -0.4 is 10.0 Å². The number of aliphatic hydroxyl groups is 1. The van der Waals surface area contributed by atoms with E-state index in [-0.39, 0.29) is 30.4 Å². The van der Waals surface area contributed by atoms with Crippen LogP contribution in [0.2, 0.25) is 0 Å². The zero-order chi connectivity index (χ0) is 22.1. The van der Waals surface area contributed by atoms with Gasteiger partial charge in [-0.2, -0.15) is 0 Å². The van der Waals surface area contributed by atoms with Crippen LogP contribution in [0.15, 0.2) is 0 Å². The van der Waals surface area contributed by atoms with Crippen molar-refractivity contribution < 1.29 is 27.9 Å². The summed E-state index contributed by atoms with van der Waals surface area (Å²) in [6.07, 6.45) is 4.37. The normalized spacial score (nSPS) is 35.6. The molecule has 0 radical (unpaired) electrons. The van der Waals surface area contributed by atoms with Crippen LogP contribution in [0.4, 0.5) is 0 Å². The van der Waals surface area contributed by atoms with Crippen LogP contribution in [0.1, 0.15) is 58.3 Å². The lowest BCUT2D eigenvalue weighted by molar-refractivity contribution is -0.140. The Labute approximate surface area is 178 Å². The van der Waals surface area contributed by atoms with E-state index in [1.165, 1.54) is 6.92 Å². The van der Waals surface area contributed by atoms with Crippen molar-refractivity contribution in [3.8, 4) is 0 Å². The van der Waals surface area contributed by atoms with Gasteiger partial charge in [0.15, 0.2) is 0 Å². The SMILES string of the molecule is CCS(=O)(=O)NC(=O)[C@@]12C[C@H]1CCCCCCN(C)C(=O)[C@@H]1C[C@H](O)C[C@H]1C(=O)N2. The minimum Gasteiger partial charge on any atom is -0.393 e. The van der Waals surface area contributed by atoms with Crippen LogP contribution in [-0.4, -0.2) is 67.1 Å². The van der Waals surface area contributed by atoms with Gasteiger partial charge in [0, 0.05) is 13.6 Å². The van der Waals surface area contributed by atoms with E-state index in [0.717, 1.165) is 32.1 Å². The van der Waals surface area contributed by atoms with Crippen molar-refractivity contribution in [2.24, 2.45) is 17.8 Å². The van der Waals surface area contributed by atoms with Gasteiger partial charge in [-0.3, -0.25) is 19.1 Å². The van der Waals surface area contributed by atoms with Gasteiger partial charge in [-0.25, -0.2) is 8.42 Å². The van der Waals surface area contributed by atoms with Crippen molar-refractivity contribution in [2.45, 2.75) is 69.9 Å². The van der Waals surface area contributed by atoms with E-state index in [0.29, 0.717) is 13.0 Å². The fourth-order valence-electron chi connectivity index (χ4n) is 4.84. The molecule has 5 atom stereocenters. The lowest BCUT2D eigenvalue weighted by Gasteiger charge is -2.27. The maximum absolute atomic E-state index is 13.1. The molecule has 3 rings (SSSR count). The fourth-order valence-corrected chi connectivity index (χ4v) is 5.45. The second-order valence-corrected chi connectivity index (χ2v) is 11.0. The number of nitrogens with one attached hydrogen (secondary N) is 2. The maximum atomic E-state index is 13.1. The summed E-state index contributed by atoms with van der Waals surface area (Å²) in [7, 11) is -2.03. The van der Waals surface area contributed by atoms with E-state index in [1.54, 1.807) is 11.9 Å². The summed E-state index contributed by atoms with van der Waals surface area (Å²) in [5.74, 6) is -3.04. The van der Waals surface area contributed by atoms with Crippen LogP contribution in [0.5, 0.6) is 0 Å². The summed E-state index contributed by atoms with van der Waals surface area (Å²) in [6.45, 7) is 2.06. The number of sulfonamides is 1. The molecule has 2 aliphatic carbocycles. The highest BCUT2D eigenvalue weighted by Crippen LogP contribution is 2.48. The van der Waals surface area contributed by atoms with Gasteiger partial charge in [0.25, 0.3) is 5.91 Å². The molecule has 1 saturated heterocycles. The Bertz CT molecular complexity index is 800. The van der Waals surface area contributed by atoms with E-state index >= 15 is 0 Å². The van der Waals surface area contributed by atoms with Gasteiger partial charge < -0.3 is 15.3 Å². The van der Waals surface area contributed by atoms with Crippen LogP contribution in [0.3, 0.4) is 0 Å². The summed E-state index contributed by atoms with van der Waals surface area (Å²) in [5, 5.41) is 12.9. The molecular formula is C20H33N3O6S. The molecule has 0 spiro atoms. The first kappa shape index (κ1) is 23.0. The first-order chi connectivity index (χ1) is 14.1. The zero-order valence-electron chi connectivity index (χ0n) is 17.7. The van der Waals surface area contributed by atoms with Gasteiger partial charge in [0.05, 0.1) is 23.7 Å². The van der Waals surface area contributed by atoms with Gasteiger partial charge in [0.2, 0.25) is 21.8 Å². The minimum absolute atomic E-state index is 0.125. The summed E-state index contributed by atoms with van der Waals surface area (Å²) in [4.78, 5) is 40.5. The molecule has 3 fully saturated rings. The smallest absolute Gasteiger partial charge is 0.259 e. The quantitative estimate of drug-likeness (QED) is 0.568. The van der Waals surface area contributed by atoms with E-state index in [9.17, 15) is 27.9 Å². The molecule has 30 heavy (non-hydrogen) atoms. The predicted octanol–water partition coefficient (Wildman–Crippen LogP) is 0.137. The van der Waals surface area contributed by atoms with Crippen LogP contribution >= 0.6 is 0 Å². The van der Waals surface area contributed by atoms with Gasteiger partial charge in [-0.05, 0) is 44.9 Å². The third-order valence-electron chi connectivity index (χ3n) is 6.85. The van der Waals surface area contributed by atoms with Gasteiger partial charge in [-0.15, -0.1) is 0 Å². The van der Waals surface area contributed by atoms with Gasteiger partial charge >= 0.3 is 0 Å². The molecule has 10 heteroatoms. The molecule has 170 valence electrons. The van der Waals surface area contributed by atoms with Gasteiger partial charge in [-0.1, -0.05) is 19.3 Å². The molecule has 2 saturated carbocycles. The molecule has 1 aliphatic heterocycles. The number of rotatable bonds is 3. The number of carbonyl (C=O) groups excluding carboxylic acids is 3. The molecule has 3 amide bonds. The van der Waals surface area contributed by atoms with E-state index in [4.69, 9.17) is 0 Å². The largest absolute Gasteiger partial charge is 0.393 e. The second kappa shape index (κ2) is 8.82. The molecule has 3 N–H and O–H groups in total. The molecule has 0 aromatic rings. The zero-order valence-corrected chi connectivity index (χ0v) is 18.5. The highest BCUT2D eigenvalue weighted by molar-refractivity contribution is 7.90. The molecule has 9 nitrogen and oxygen atoms in total. The van der Waals surface area contributed by atoms with Crippen molar-refractivity contribution >= 4 is 27.7 Å². The third kappa shape index (κ3) is 4.80. The number of hydrogen-bond donors (Lipinski definition) is 3. The second-order valence-electron chi connectivity index (χ2n) is 9.00. The standard InChI is InChI=1S/C20H33N3O6S/c1-3-30(28,29)22-19(27)20-12-13(20)8-6-4-5-7-9-23(2)18(26)16-11-14(24)10-15(16)17(25)21-20/h13-16,24H,3-12H2,1-2H3,(H,21,25)(H,22,27)/t13-,14-,15-,16-,20-/m1/s1. The van der Waals surface area contributed by atoms with Crippen LogP contribution in [0, 0.1) is 17.8 Å². The fraction of sp³-hybridized carbons (Fsp3) is 0.850. The maximum Gasteiger partial charge on any atom is 0.259 e. The predicted molar refractivity (Wildman–Crippen MR) is 110 cm³/mol. The Morgan fingerprint density at radius 1 is 1.20 bits per heavy atom. The van der Waals surface area contributed by atoms with Crippen molar-refractivity contribution in [3.05, 3.63) is 0 Å². The highest BCUT2D eigenvalue weighted by atomic mass is 32.2. The summed E-state index contributed by atoms with van der Waals surface area (Å²) >= 11 is 0. The average molecular weight is 444 g/mol. The molecule has 0 aromatic carbocycles. The summed E-state index contributed by atoms with van der Waals surface area (Å²) in [6, 6.07) is 0. The summed E-state index contributed by atoms with van der Waals surface area (Å²) in [5.41, 5.74) is -1.25. The molecule has 0 unspecified atom stereocenters. The number of fused-ring (bicyclic) bond motifs is 2. The number of hydrogen-bond acceptors (Lipinski definition) is 6. The Morgan fingerprint density at radius 3 is 2.57 bits per heavy atom. The molecule has 0 bridgehead atoms. The lowest BCUT2D eigenvalue weighted by atomic mass is 9.92.